The maximum Gasteiger partial charge on any atom is 0.244 e. The van der Waals surface area contributed by atoms with Gasteiger partial charge in [-0.15, -0.1) is 11.3 Å². The van der Waals surface area contributed by atoms with Crippen molar-refractivity contribution in [2.24, 2.45) is 0 Å². The van der Waals surface area contributed by atoms with Gasteiger partial charge in [-0.05, 0) is 41.2 Å². The fourth-order valence-corrected chi connectivity index (χ4v) is 4.85. The minimum Gasteiger partial charge on any atom is -0.337 e. The molecule has 1 fully saturated rings. The fraction of sp³-hybridized carbons (Fsp3) is 0.400. The number of hydrogen-bond acceptors (Lipinski definition) is 6. The number of halogens is 1. The monoisotopic (exact) mass is 446 g/mol. The molecule has 4 rings (SSSR count). The zero-order valence-electron chi connectivity index (χ0n) is 15.6. The standard InChI is InChI=1S/C20H23BrN4OS/c1-14-3-5-16(6-4-14)19-22-20(26-23-19)15(2)25-10-8-24(9-11-25)13-18-17(21)7-12-27-18/h3-7,12,15H,8-11,13H2,1-2H3. The van der Waals surface area contributed by atoms with E-state index < -0.39 is 0 Å². The van der Waals surface area contributed by atoms with Crippen LogP contribution in [0.25, 0.3) is 11.4 Å². The summed E-state index contributed by atoms with van der Waals surface area (Å²) in [6, 6.07) is 10.5. The van der Waals surface area contributed by atoms with Gasteiger partial charge in [0.2, 0.25) is 11.7 Å². The zero-order chi connectivity index (χ0) is 18.8. The lowest BCUT2D eigenvalue weighted by Gasteiger charge is -2.36. The van der Waals surface area contributed by atoms with Crippen molar-refractivity contribution in [2.45, 2.75) is 26.4 Å². The molecule has 0 aliphatic carbocycles. The van der Waals surface area contributed by atoms with Crippen molar-refractivity contribution in [3.63, 3.8) is 0 Å². The molecular weight excluding hydrogens is 424 g/mol. The zero-order valence-corrected chi connectivity index (χ0v) is 18.0. The van der Waals surface area contributed by atoms with E-state index in [1.165, 1.54) is 14.9 Å². The number of benzene rings is 1. The van der Waals surface area contributed by atoms with Gasteiger partial charge in [-0.3, -0.25) is 9.80 Å². The maximum atomic E-state index is 5.57. The second-order valence-electron chi connectivity index (χ2n) is 7.00. The molecule has 0 spiro atoms. The number of nitrogens with zero attached hydrogens (tertiary/aromatic N) is 4. The highest BCUT2D eigenvalue weighted by Gasteiger charge is 2.26. The third-order valence-corrected chi connectivity index (χ3v) is 7.03. The van der Waals surface area contributed by atoms with Gasteiger partial charge in [-0.25, -0.2) is 0 Å². The van der Waals surface area contributed by atoms with Gasteiger partial charge in [0, 0.05) is 47.6 Å². The Kier molecular flexibility index (Phi) is 5.73. The van der Waals surface area contributed by atoms with Crippen LogP contribution in [0.5, 0.6) is 0 Å². The van der Waals surface area contributed by atoms with Gasteiger partial charge in [-0.1, -0.05) is 35.0 Å². The average Bonchev–Trinajstić information content (AvgIpc) is 3.32. The molecule has 2 aromatic heterocycles. The molecule has 0 saturated carbocycles. The first-order valence-corrected chi connectivity index (χ1v) is 10.9. The molecule has 1 aromatic carbocycles. The smallest absolute Gasteiger partial charge is 0.244 e. The van der Waals surface area contributed by atoms with Crippen molar-refractivity contribution >= 4 is 27.3 Å². The van der Waals surface area contributed by atoms with E-state index in [0.29, 0.717) is 11.7 Å². The van der Waals surface area contributed by atoms with E-state index in [4.69, 9.17) is 4.52 Å². The van der Waals surface area contributed by atoms with Crippen LogP contribution in [0.4, 0.5) is 0 Å². The Morgan fingerprint density at radius 1 is 1.15 bits per heavy atom. The van der Waals surface area contributed by atoms with Gasteiger partial charge in [-0.2, -0.15) is 4.98 Å². The lowest BCUT2D eigenvalue weighted by Crippen LogP contribution is -2.46. The van der Waals surface area contributed by atoms with E-state index in [2.05, 4.69) is 73.3 Å². The van der Waals surface area contributed by atoms with Gasteiger partial charge in [0.25, 0.3) is 0 Å². The molecule has 5 nitrogen and oxygen atoms in total. The number of hydrogen-bond donors (Lipinski definition) is 0. The Labute approximate surface area is 172 Å². The van der Waals surface area contributed by atoms with E-state index >= 15 is 0 Å². The fourth-order valence-electron chi connectivity index (χ4n) is 3.33. The van der Waals surface area contributed by atoms with Crippen LogP contribution < -0.4 is 0 Å². The van der Waals surface area contributed by atoms with Gasteiger partial charge in [0.15, 0.2) is 0 Å². The topological polar surface area (TPSA) is 45.4 Å². The summed E-state index contributed by atoms with van der Waals surface area (Å²) in [7, 11) is 0. The van der Waals surface area contributed by atoms with Crippen molar-refractivity contribution in [1.29, 1.82) is 0 Å². The lowest BCUT2D eigenvalue weighted by atomic mass is 10.1. The average molecular weight is 447 g/mol. The Morgan fingerprint density at radius 2 is 1.89 bits per heavy atom. The first kappa shape index (κ1) is 18.8. The molecule has 0 bridgehead atoms. The predicted molar refractivity (Wildman–Crippen MR) is 112 cm³/mol. The van der Waals surface area contributed by atoms with Gasteiger partial charge >= 0.3 is 0 Å². The first-order valence-electron chi connectivity index (χ1n) is 9.19. The Morgan fingerprint density at radius 3 is 2.56 bits per heavy atom. The molecule has 3 aromatic rings. The minimum atomic E-state index is 0.132. The van der Waals surface area contributed by atoms with Crippen molar-refractivity contribution < 1.29 is 4.52 Å². The molecule has 0 radical (unpaired) electrons. The molecule has 0 N–H and O–H groups in total. The highest BCUT2D eigenvalue weighted by atomic mass is 79.9. The molecule has 7 heteroatoms. The van der Waals surface area contributed by atoms with Crippen molar-refractivity contribution in [1.82, 2.24) is 19.9 Å². The first-order chi connectivity index (χ1) is 13.1. The van der Waals surface area contributed by atoms with Crippen molar-refractivity contribution in [3.8, 4) is 11.4 Å². The Hall–Kier alpha value is -1.54. The third-order valence-electron chi connectivity index (χ3n) is 5.12. The number of piperazine rings is 1. The quantitative estimate of drug-likeness (QED) is 0.565. The Bertz CT molecular complexity index is 884. The summed E-state index contributed by atoms with van der Waals surface area (Å²) in [5.74, 6) is 1.36. The van der Waals surface area contributed by atoms with E-state index in [0.717, 1.165) is 38.3 Å². The van der Waals surface area contributed by atoms with E-state index in [1.54, 1.807) is 0 Å². The molecule has 1 unspecified atom stereocenters. The van der Waals surface area contributed by atoms with Crippen molar-refractivity contribution in [2.75, 3.05) is 26.2 Å². The molecule has 0 amide bonds. The number of thiophene rings is 1. The highest BCUT2D eigenvalue weighted by molar-refractivity contribution is 9.10. The highest BCUT2D eigenvalue weighted by Crippen LogP contribution is 2.27. The second-order valence-corrected chi connectivity index (χ2v) is 8.86. The van der Waals surface area contributed by atoms with Crippen LogP contribution in [0.1, 0.15) is 29.3 Å². The molecule has 1 atom stereocenters. The van der Waals surface area contributed by atoms with Crippen LogP contribution in [0.15, 0.2) is 44.7 Å². The summed E-state index contributed by atoms with van der Waals surface area (Å²) in [6.07, 6.45) is 0. The van der Waals surface area contributed by atoms with Crippen LogP contribution in [0.2, 0.25) is 0 Å². The summed E-state index contributed by atoms with van der Waals surface area (Å²) in [6.45, 7) is 9.35. The third kappa shape index (κ3) is 4.32. The molecular formula is C20H23BrN4OS. The number of aryl methyl sites for hydroxylation is 1. The Balaban J connectivity index is 1.36. The van der Waals surface area contributed by atoms with Gasteiger partial charge in [0.05, 0.1) is 6.04 Å². The van der Waals surface area contributed by atoms with E-state index in [9.17, 15) is 0 Å². The normalized spacial score (nSPS) is 17.3. The number of aromatic nitrogens is 2. The lowest BCUT2D eigenvalue weighted by molar-refractivity contribution is 0.0850. The molecule has 1 aliphatic heterocycles. The summed E-state index contributed by atoms with van der Waals surface area (Å²) >= 11 is 5.44. The maximum absolute atomic E-state index is 5.57. The molecule has 1 saturated heterocycles. The molecule has 1 aliphatic rings. The summed E-state index contributed by atoms with van der Waals surface area (Å²) in [5, 5.41) is 6.32. The van der Waals surface area contributed by atoms with Gasteiger partial charge < -0.3 is 4.52 Å². The SMILES string of the molecule is Cc1ccc(-c2noc(C(C)N3CCN(Cc4sccc4Br)CC3)n2)cc1. The largest absolute Gasteiger partial charge is 0.337 e. The summed E-state index contributed by atoms with van der Waals surface area (Å²) < 4.78 is 6.79. The minimum absolute atomic E-state index is 0.132. The molecule has 27 heavy (non-hydrogen) atoms. The van der Waals surface area contributed by atoms with E-state index in [-0.39, 0.29) is 6.04 Å². The second kappa shape index (κ2) is 8.22. The van der Waals surface area contributed by atoms with Crippen molar-refractivity contribution in [3.05, 3.63) is 56.5 Å². The summed E-state index contributed by atoms with van der Waals surface area (Å²) in [4.78, 5) is 11.0. The summed E-state index contributed by atoms with van der Waals surface area (Å²) in [5.41, 5.74) is 2.22. The van der Waals surface area contributed by atoms with Crippen LogP contribution in [-0.2, 0) is 6.54 Å². The van der Waals surface area contributed by atoms with Gasteiger partial charge in [0.1, 0.15) is 0 Å². The predicted octanol–water partition coefficient (Wildman–Crippen LogP) is 4.75. The van der Waals surface area contributed by atoms with Crippen LogP contribution in [0, 0.1) is 6.92 Å². The molecule has 142 valence electrons. The van der Waals surface area contributed by atoms with Crippen LogP contribution >= 0.6 is 27.3 Å². The molecule has 3 heterocycles. The van der Waals surface area contributed by atoms with Crippen LogP contribution in [0.3, 0.4) is 0 Å². The van der Waals surface area contributed by atoms with E-state index in [1.807, 2.05) is 23.5 Å². The van der Waals surface area contributed by atoms with Crippen LogP contribution in [-0.4, -0.2) is 46.1 Å². The number of rotatable bonds is 5.